The van der Waals surface area contributed by atoms with Crippen LogP contribution in [0.5, 0.6) is 0 Å². The number of anilines is 1. The average molecular weight is 498 g/mol. The van der Waals surface area contributed by atoms with Crippen LogP contribution < -0.4 is 10.0 Å². The summed E-state index contributed by atoms with van der Waals surface area (Å²) in [5.41, 5.74) is 0.669. The number of hydrogen-bond donors (Lipinski definition) is 3. The second-order valence-electron chi connectivity index (χ2n) is 7.39. The predicted molar refractivity (Wildman–Crippen MR) is 126 cm³/mol. The number of aromatic nitrogens is 2. The van der Waals surface area contributed by atoms with Gasteiger partial charge in [0.25, 0.3) is 5.91 Å². The first-order chi connectivity index (χ1) is 16.6. The highest BCUT2D eigenvalue weighted by molar-refractivity contribution is 7.92. The van der Waals surface area contributed by atoms with Gasteiger partial charge in [-0.1, -0.05) is 0 Å². The number of furan rings is 1. The zero-order chi connectivity index (χ0) is 25.3. The number of benzene rings is 2. The van der Waals surface area contributed by atoms with Gasteiger partial charge in [-0.3, -0.25) is 14.5 Å². The topological polar surface area (TPSA) is 151 Å². The Kier molecular flexibility index (Phi) is 6.22. The van der Waals surface area contributed by atoms with Crippen molar-refractivity contribution in [3.05, 3.63) is 65.9 Å². The lowest BCUT2D eigenvalue weighted by molar-refractivity contribution is 0.0689. The van der Waals surface area contributed by atoms with Gasteiger partial charge in [0, 0.05) is 29.6 Å². The molecule has 0 atom stereocenters. The normalized spacial score (nSPS) is 11.4. The Bertz CT molecular complexity index is 1570. The molecule has 0 saturated carbocycles. The molecule has 10 nitrogen and oxygen atoms in total. The average Bonchev–Trinajstić information content (AvgIpc) is 3.21. The summed E-state index contributed by atoms with van der Waals surface area (Å²) in [5.74, 6) is -2.37. The minimum atomic E-state index is -3.76. The fourth-order valence-electron chi connectivity index (χ4n) is 3.43. The maximum Gasteiger partial charge on any atom is 0.356 e. The van der Waals surface area contributed by atoms with Crippen LogP contribution in [0.1, 0.15) is 27.8 Å². The van der Waals surface area contributed by atoms with Crippen molar-refractivity contribution in [3.8, 4) is 22.6 Å². The van der Waals surface area contributed by atoms with Crippen LogP contribution in [-0.2, 0) is 10.0 Å². The van der Waals surface area contributed by atoms with Gasteiger partial charge in [0.2, 0.25) is 10.0 Å². The van der Waals surface area contributed by atoms with E-state index >= 15 is 0 Å². The van der Waals surface area contributed by atoms with E-state index in [1.54, 1.807) is 0 Å². The molecule has 2 aromatic carbocycles. The monoisotopic (exact) mass is 498 g/mol. The number of rotatable bonds is 7. The minimum Gasteiger partial charge on any atom is -0.476 e. The van der Waals surface area contributed by atoms with Crippen LogP contribution >= 0.6 is 0 Å². The van der Waals surface area contributed by atoms with Crippen molar-refractivity contribution >= 4 is 38.6 Å². The third kappa shape index (κ3) is 4.68. The van der Waals surface area contributed by atoms with E-state index in [9.17, 15) is 27.5 Å². The number of halogens is 1. The summed E-state index contributed by atoms with van der Waals surface area (Å²) in [6, 6.07) is 8.18. The number of hydrogen-bond acceptors (Lipinski definition) is 7. The van der Waals surface area contributed by atoms with E-state index in [1.807, 2.05) is 0 Å². The maximum atomic E-state index is 13.5. The highest BCUT2D eigenvalue weighted by atomic mass is 32.2. The largest absolute Gasteiger partial charge is 0.476 e. The van der Waals surface area contributed by atoms with Crippen LogP contribution in [0.15, 0.2) is 53.2 Å². The van der Waals surface area contributed by atoms with E-state index in [1.165, 1.54) is 56.6 Å². The van der Waals surface area contributed by atoms with Gasteiger partial charge in [0.15, 0.2) is 5.69 Å². The van der Waals surface area contributed by atoms with Crippen molar-refractivity contribution in [3.63, 3.8) is 0 Å². The Labute approximate surface area is 198 Å². The van der Waals surface area contributed by atoms with E-state index in [2.05, 4.69) is 20.0 Å². The molecule has 0 radical (unpaired) electrons. The summed E-state index contributed by atoms with van der Waals surface area (Å²) < 4.78 is 46.6. The molecule has 2 aromatic heterocycles. The third-order valence-corrected chi connectivity index (χ3v) is 6.45. The molecule has 12 heteroatoms. The molecular formula is C23H19FN4O6S. The Hall–Kier alpha value is -4.32. The van der Waals surface area contributed by atoms with E-state index in [0.717, 1.165) is 6.20 Å². The summed E-state index contributed by atoms with van der Waals surface area (Å²) >= 11 is 0. The van der Waals surface area contributed by atoms with Gasteiger partial charge in [0.05, 0.1) is 35.1 Å². The van der Waals surface area contributed by atoms with Crippen molar-refractivity contribution in [1.29, 1.82) is 0 Å². The number of fused-ring (bicyclic) bond motifs is 1. The SMILES string of the molecule is CCS(=O)(=O)Nc1cc2oc(-c3ccc(F)cc3)c(C(=O)NC)c2cc1-c1cncc(C(=O)O)n1. The van der Waals surface area contributed by atoms with Crippen LogP contribution in [0.25, 0.3) is 33.6 Å². The first-order valence-corrected chi connectivity index (χ1v) is 11.9. The fourth-order valence-corrected chi connectivity index (χ4v) is 4.08. The lowest BCUT2D eigenvalue weighted by Gasteiger charge is -2.12. The molecule has 0 bridgehead atoms. The Balaban J connectivity index is 2.05. The summed E-state index contributed by atoms with van der Waals surface area (Å²) in [7, 11) is -2.32. The van der Waals surface area contributed by atoms with E-state index in [-0.39, 0.29) is 45.3 Å². The lowest BCUT2D eigenvalue weighted by Crippen LogP contribution is -2.18. The second kappa shape index (κ2) is 9.14. The van der Waals surface area contributed by atoms with Crippen LogP contribution in [-0.4, -0.2) is 48.2 Å². The molecule has 35 heavy (non-hydrogen) atoms. The quantitative estimate of drug-likeness (QED) is 0.350. The molecule has 0 aliphatic carbocycles. The van der Waals surface area contributed by atoms with Crippen molar-refractivity contribution in [2.75, 3.05) is 17.5 Å². The summed E-state index contributed by atoms with van der Waals surface area (Å²) in [4.78, 5) is 32.2. The van der Waals surface area contributed by atoms with Gasteiger partial charge in [0.1, 0.15) is 17.2 Å². The Morgan fingerprint density at radius 3 is 2.49 bits per heavy atom. The van der Waals surface area contributed by atoms with Crippen molar-refractivity contribution in [2.45, 2.75) is 6.92 Å². The molecule has 2 heterocycles. The Morgan fingerprint density at radius 2 is 1.86 bits per heavy atom. The van der Waals surface area contributed by atoms with E-state index in [4.69, 9.17) is 4.42 Å². The number of sulfonamides is 1. The molecule has 0 fully saturated rings. The van der Waals surface area contributed by atoms with Crippen molar-refractivity contribution < 1.29 is 31.9 Å². The van der Waals surface area contributed by atoms with Gasteiger partial charge in [-0.15, -0.1) is 0 Å². The molecule has 4 aromatic rings. The molecular weight excluding hydrogens is 479 g/mol. The zero-order valence-corrected chi connectivity index (χ0v) is 19.3. The van der Waals surface area contributed by atoms with Crippen molar-refractivity contribution in [2.24, 2.45) is 0 Å². The Morgan fingerprint density at radius 1 is 1.14 bits per heavy atom. The smallest absolute Gasteiger partial charge is 0.356 e. The molecule has 180 valence electrons. The predicted octanol–water partition coefficient (Wildman–Crippen LogP) is 3.52. The molecule has 0 unspecified atom stereocenters. The number of carboxylic acid groups (broad SMARTS) is 1. The standard InChI is InChI=1S/C23H19FN4O6S/c1-3-35(32,33)28-16-9-19-15(8-14(16)17-10-26-11-18(27-17)23(30)31)20(22(29)25-2)21(34-19)12-4-6-13(24)7-5-12/h4-11,28H,3H2,1-2H3,(H,25,29)(H,30,31). The molecule has 0 spiro atoms. The van der Waals surface area contributed by atoms with Gasteiger partial charge in [-0.2, -0.15) is 0 Å². The molecule has 1 amide bonds. The molecule has 4 rings (SSSR count). The number of carbonyl (C=O) groups excluding carboxylic acids is 1. The lowest BCUT2D eigenvalue weighted by atomic mass is 10.0. The summed E-state index contributed by atoms with van der Waals surface area (Å²) in [6.45, 7) is 1.45. The van der Waals surface area contributed by atoms with E-state index < -0.39 is 27.7 Å². The van der Waals surface area contributed by atoms with Crippen LogP contribution in [0.2, 0.25) is 0 Å². The third-order valence-electron chi connectivity index (χ3n) is 5.16. The maximum absolute atomic E-state index is 13.5. The number of carbonyl (C=O) groups is 2. The van der Waals surface area contributed by atoms with Gasteiger partial charge in [-0.25, -0.2) is 22.6 Å². The number of carboxylic acids is 1. The van der Waals surface area contributed by atoms with Gasteiger partial charge in [-0.05, 0) is 37.3 Å². The van der Waals surface area contributed by atoms with E-state index in [0.29, 0.717) is 10.9 Å². The number of nitrogens with zero attached hydrogens (tertiary/aromatic N) is 2. The fraction of sp³-hybridized carbons (Fsp3) is 0.130. The minimum absolute atomic E-state index is 0.0547. The van der Waals surface area contributed by atoms with Crippen LogP contribution in [0, 0.1) is 5.82 Å². The highest BCUT2D eigenvalue weighted by Gasteiger charge is 2.25. The summed E-state index contributed by atoms with van der Waals surface area (Å²) in [6.07, 6.45) is 2.33. The number of amides is 1. The van der Waals surface area contributed by atoms with Gasteiger partial charge < -0.3 is 14.8 Å². The second-order valence-corrected chi connectivity index (χ2v) is 9.40. The molecule has 0 saturated heterocycles. The molecule has 0 aliphatic rings. The van der Waals surface area contributed by atoms with Crippen molar-refractivity contribution in [1.82, 2.24) is 15.3 Å². The zero-order valence-electron chi connectivity index (χ0n) is 18.5. The van der Waals surface area contributed by atoms with Crippen LogP contribution in [0.4, 0.5) is 10.1 Å². The molecule has 3 N–H and O–H groups in total. The summed E-state index contributed by atoms with van der Waals surface area (Å²) in [5, 5.41) is 12.2. The number of aromatic carboxylic acids is 1. The molecule has 0 aliphatic heterocycles. The first kappa shape index (κ1) is 23.8. The van der Waals surface area contributed by atoms with Crippen LogP contribution in [0.3, 0.4) is 0 Å². The number of nitrogens with one attached hydrogen (secondary N) is 2. The highest BCUT2D eigenvalue weighted by Crippen LogP contribution is 2.39. The first-order valence-electron chi connectivity index (χ1n) is 10.3. The van der Waals surface area contributed by atoms with Gasteiger partial charge >= 0.3 is 5.97 Å².